The third-order valence-electron chi connectivity index (χ3n) is 2.38. The zero-order valence-electron chi connectivity index (χ0n) is 8.37. The van der Waals surface area contributed by atoms with Crippen LogP contribution < -0.4 is 5.32 Å². The summed E-state index contributed by atoms with van der Waals surface area (Å²) in [6, 6.07) is 11.5. The van der Waals surface area contributed by atoms with Crippen molar-refractivity contribution >= 4 is 0 Å². The summed E-state index contributed by atoms with van der Waals surface area (Å²) in [5.41, 5.74) is 1.30. The molecule has 1 aromatic rings. The molecule has 1 aromatic carbocycles. The molecule has 0 aromatic heterocycles. The number of benzene rings is 1. The van der Waals surface area contributed by atoms with Crippen LogP contribution in [0.3, 0.4) is 0 Å². The number of hydrogen-bond donors (Lipinski definition) is 1. The molecule has 1 radical (unpaired) electrons. The minimum Gasteiger partial charge on any atom is -0.314 e. The van der Waals surface area contributed by atoms with Gasteiger partial charge in [-0.2, -0.15) is 30.3 Å². The van der Waals surface area contributed by atoms with Crippen LogP contribution in [-0.4, -0.2) is 31.1 Å². The molecule has 0 bridgehead atoms. The van der Waals surface area contributed by atoms with Crippen LogP contribution in [0.15, 0.2) is 24.3 Å². The largest absolute Gasteiger partial charge is 0.314 e. The zero-order chi connectivity index (χ0) is 8.93. The normalized spacial score (nSPS) is 17.4. The van der Waals surface area contributed by atoms with Gasteiger partial charge in [0, 0.05) is 65.4 Å². The van der Waals surface area contributed by atoms with Crippen molar-refractivity contribution in [2.24, 2.45) is 0 Å². The van der Waals surface area contributed by atoms with Crippen LogP contribution >= 0.6 is 0 Å². The molecule has 1 aliphatic rings. The summed E-state index contributed by atoms with van der Waals surface area (Å²) in [6.07, 6.45) is 0. The molecule has 0 aliphatic carbocycles. The van der Waals surface area contributed by atoms with Crippen molar-refractivity contribution in [3.63, 3.8) is 0 Å². The molecule has 73 valence electrons. The van der Waals surface area contributed by atoms with Crippen LogP contribution in [0.4, 0.5) is 0 Å². The average Bonchev–Trinajstić information content (AvgIpc) is 2.21. The number of hydrogen-bond acceptors (Lipinski definition) is 2. The van der Waals surface area contributed by atoms with Gasteiger partial charge >= 0.3 is 0 Å². The third-order valence-corrected chi connectivity index (χ3v) is 2.38. The molecular weight excluding hydrogens is 249 g/mol. The van der Waals surface area contributed by atoms with Gasteiger partial charge in [-0.15, -0.1) is 5.56 Å². The van der Waals surface area contributed by atoms with Crippen molar-refractivity contribution in [2.45, 2.75) is 6.54 Å². The van der Waals surface area contributed by atoms with E-state index in [9.17, 15) is 0 Å². The molecule has 1 aliphatic heterocycles. The summed E-state index contributed by atoms with van der Waals surface area (Å²) < 4.78 is 0. The molecule has 2 nitrogen and oxygen atoms in total. The topological polar surface area (TPSA) is 15.3 Å². The SMILES string of the molecule is [Y].[c-]1ccccc1CN1CCNCC1. The smallest absolute Gasteiger partial charge is 0.0110 e. The van der Waals surface area contributed by atoms with Gasteiger partial charge in [-0.1, -0.05) is 0 Å². The van der Waals surface area contributed by atoms with E-state index in [-0.39, 0.29) is 32.7 Å². The predicted octanol–water partition coefficient (Wildman–Crippen LogP) is 0.889. The molecule has 0 unspecified atom stereocenters. The molecule has 0 saturated carbocycles. The van der Waals surface area contributed by atoms with Gasteiger partial charge in [0.2, 0.25) is 0 Å². The fourth-order valence-corrected chi connectivity index (χ4v) is 1.64. The summed E-state index contributed by atoms with van der Waals surface area (Å²) in [6.45, 7) is 5.59. The molecule has 0 atom stereocenters. The van der Waals surface area contributed by atoms with Crippen molar-refractivity contribution in [1.29, 1.82) is 0 Å². The Hall–Kier alpha value is 0.244. The third kappa shape index (κ3) is 3.78. The van der Waals surface area contributed by atoms with Gasteiger partial charge in [-0.25, -0.2) is 0 Å². The number of nitrogens with one attached hydrogen (secondary N) is 1. The molecule has 14 heavy (non-hydrogen) atoms. The van der Waals surface area contributed by atoms with E-state index in [1.165, 1.54) is 5.56 Å². The fourth-order valence-electron chi connectivity index (χ4n) is 1.64. The molecule has 1 heterocycles. The van der Waals surface area contributed by atoms with E-state index in [1.54, 1.807) is 0 Å². The zero-order valence-corrected chi connectivity index (χ0v) is 11.2. The number of nitrogens with zero attached hydrogens (tertiary/aromatic N) is 1. The Labute approximate surface area is 111 Å². The van der Waals surface area contributed by atoms with Gasteiger partial charge in [-0.3, -0.25) is 4.90 Å². The van der Waals surface area contributed by atoms with E-state index in [0.29, 0.717) is 0 Å². The van der Waals surface area contributed by atoms with Crippen LogP contribution in [0.5, 0.6) is 0 Å². The quantitative estimate of drug-likeness (QED) is 0.798. The Kier molecular flexibility index (Phi) is 5.87. The summed E-state index contributed by atoms with van der Waals surface area (Å²) in [7, 11) is 0. The van der Waals surface area contributed by atoms with Gasteiger partial charge in [0.05, 0.1) is 0 Å². The van der Waals surface area contributed by atoms with Crippen LogP contribution in [-0.2, 0) is 39.3 Å². The first-order valence-electron chi connectivity index (χ1n) is 4.84. The average molecular weight is 264 g/mol. The predicted molar refractivity (Wildman–Crippen MR) is 53.4 cm³/mol. The van der Waals surface area contributed by atoms with Gasteiger partial charge in [0.15, 0.2) is 0 Å². The maximum atomic E-state index is 3.35. The first-order valence-corrected chi connectivity index (χ1v) is 4.84. The fraction of sp³-hybridized carbons (Fsp3) is 0.455. The van der Waals surface area contributed by atoms with Crippen LogP contribution in [0.2, 0.25) is 0 Å². The Morgan fingerprint density at radius 2 is 2.07 bits per heavy atom. The second-order valence-electron chi connectivity index (χ2n) is 3.41. The second-order valence-corrected chi connectivity index (χ2v) is 3.41. The van der Waals surface area contributed by atoms with Crippen LogP contribution in [0, 0.1) is 6.07 Å². The summed E-state index contributed by atoms with van der Waals surface area (Å²) in [5.74, 6) is 0. The molecule has 0 spiro atoms. The second kappa shape index (κ2) is 6.68. The Balaban J connectivity index is 0.000000980. The van der Waals surface area contributed by atoms with E-state index < -0.39 is 0 Å². The van der Waals surface area contributed by atoms with Gasteiger partial charge < -0.3 is 5.32 Å². The standard InChI is InChI=1S/C11H15N2.Y/c1-2-4-11(5-3-1)10-13-8-6-12-7-9-13;/h1-4,12H,6-10H2;/q-1;. The first kappa shape index (κ1) is 12.3. The molecule has 1 fully saturated rings. The van der Waals surface area contributed by atoms with Crippen molar-refractivity contribution in [3.8, 4) is 0 Å². The van der Waals surface area contributed by atoms with E-state index in [2.05, 4.69) is 28.4 Å². The summed E-state index contributed by atoms with van der Waals surface area (Å²) in [5, 5.41) is 3.35. The van der Waals surface area contributed by atoms with Crippen LogP contribution in [0.1, 0.15) is 5.56 Å². The molecule has 2 rings (SSSR count). The first-order chi connectivity index (χ1) is 6.45. The molecule has 1 N–H and O–H groups in total. The molecular formula is C11H15N2Y-. The summed E-state index contributed by atoms with van der Waals surface area (Å²) >= 11 is 0. The maximum absolute atomic E-state index is 3.35. The van der Waals surface area contributed by atoms with Crippen molar-refractivity contribution in [3.05, 3.63) is 35.9 Å². The number of piperazine rings is 1. The van der Waals surface area contributed by atoms with E-state index in [1.807, 2.05) is 12.1 Å². The van der Waals surface area contributed by atoms with Gasteiger partial charge in [0.25, 0.3) is 0 Å². The molecule has 0 amide bonds. The molecule has 3 heteroatoms. The van der Waals surface area contributed by atoms with Crippen molar-refractivity contribution in [1.82, 2.24) is 10.2 Å². The summed E-state index contributed by atoms with van der Waals surface area (Å²) in [4.78, 5) is 2.46. The maximum Gasteiger partial charge on any atom is 0.0110 e. The minimum absolute atomic E-state index is 0. The van der Waals surface area contributed by atoms with E-state index in [4.69, 9.17) is 0 Å². The van der Waals surface area contributed by atoms with Crippen molar-refractivity contribution < 1.29 is 32.7 Å². The van der Waals surface area contributed by atoms with E-state index >= 15 is 0 Å². The van der Waals surface area contributed by atoms with Crippen molar-refractivity contribution in [2.75, 3.05) is 26.2 Å². The van der Waals surface area contributed by atoms with Gasteiger partial charge in [0.1, 0.15) is 0 Å². The number of rotatable bonds is 2. The van der Waals surface area contributed by atoms with Crippen LogP contribution in [0.25, 0.3) is 0 Å². The monoisotopic (exact) mass is 264 g/mol. The Bertz CT molecular complexity index is 245. The van der Waals surface area contributed by atoms with Gasteiger partial charge in [-0.05, 0) is 0 Å². The Morgan fingerprint density at radius 1 is 1.29 bits per heavy atom. The Morgan fingerprint density at radius 3 is 2.71 bits per heavy atom. The van der Waals surface area contributed by atoms with E-state index in [0.717, 1.165) is 32.7 Å². The molecule has 1 saturated heterocycles. The minimum atomic E-state index is 0.